The molecule has 3 N–H and O–H groups in total. The molecule has 0 aliphatic heterocycles. The van der Waals surface area contributed by atoms with Crippen molar-refractivity contribution in [2.45, 2.75) is 38.7 Å². The van der Waals surface area contributed by atoms with Crippen molar-refractivity contribution < 1.29 is 32.6 Å². The van der Waals surface area contributed by atoms with E-state index in [1.165, 1.54) is 12.1 Å². The Hall–Kier alpha value is -5.78. The molecule has 6 rings (SSSR count). The van der Waals surface area contributed by atoms with Crippen molar-refractivity contribution in [1.29, 1.82) is 0 Å². The van der Waals surface area contributed by atoms with Gasteiger partial charge in [-0.15, -0.1) is 0 Å². The summed E-state index contributed by atoms with van der Waals surface area (Å²) in [6, 6.07) is 31.9. The van der Waals surface area contributed by atoms with Crippen LogP contribution in [0.2, 0.25) is 0 Å². The average molecular weight is 670 g/mol. The number of amides is 2. The standard InChI is InChI=1S/C37H34F3N5O4/c38-37(39,40)34-20-33(45(43-34)31-11-5-8-27(19-31)21-41-36(47)48)35(46)42-29-10-4-9-28(18-29)23-44(22-25-12-13-25)30-14-16-32(17-15-30)49-24-26-6-2-1-3-7-26/h1-11,14-20,25,41H,12-13,21-24H2,(H,42,46)(H,47,48). The third-order valence-corrected chi connectivity index (χ3v) is 8.02. The van der Waals surface area contributed by atoms with Crippen LogP contribution in [0.15, 0.2) is 109 Å². The fourth-order valence-electron chi connectivity index (χ4n) is 5.38. The van der Waals surface area contributed by atoms with Crippen molar-refractivity contribution >= 4 is 23.4 Å². The first-order valence-corrected chi connectivity index (χ1v) is 15.8. The molecule has 0 bridgehead atoms. The second-order valence-electron chi connectivity index (χ2n) is 11.9. The molecule has 1 aliphatic carbocycles. The molecule has 0 atom stereocenters. The molecule has 0 spiro atoms. The highest BCUT2D eigenvalue weighted by Crippen LogP contribution is 2.33. The van der Waals surface area contributed by atoms with Crippen LogP contribution in [-0.4, -0.2) is 33.4 Å². The predicted octanol–water partition coefficient (Wildman–Crippen LogP) is 7.91. The van der Waals surface area contributed by atoms with Gasteiger partial charge in [0.1, 0.15) is 18.1 Å². The zero-order valence-corrected chi connectivity index (χ0v) is 26.4. The number of anilines is 2. The lowest BCUT2D eigenvalue weighted by Crippen LogP contribution is -2.25. The summed E-state index contributed by atoms with van der Waals surface area (Å²) in [6.07, 6.45) is -3.71. The molecule has 49 heavy (non-hydrogen) atoms. The topological polar surface area (TPSA) is 109 Å². The van der Waals surface area contributed by atoms with E-state index in [1.54, 1.807) is 30.3 Å². The molecule has 0 unspecified atom stereocenters. The summed E-state index contributed by atoms with van der Waals surface area (Å²) in [6.45, 7) is 1.81. The van der Waals surface area contributed by atoms with Gasteiger partial charge in [0.2, 0.25) is 0 Å². The Balaban J connectivity index is 1.18. The number of ether oxygens (including phenoxy) is 1. The summed E-state index contributed by atoms with van der Waals surface area (Å²) in [7, 11) is 0. The second-order valence-corrected chi connectivity index (χ2v) is 11.9. The fraction of sp³-hybridized carbons (Fsp3) is 0.216. The summed E-state index contributed by atoms with van der Waals surface area (Å²) >= 11 is 0. The molecule has 4 aromatic carbocycles. The smallest absolute Gasteiger partial charge is 0.435 e. The van der Waals surface area contributed by atoms with E-state index >= 15 is 0 Å². The number of alkyl halides is 3. The van der Waals surface area contributed by atoms with E-state index in [9.17, 15) is 22.8 Å². The van der Waals surface area contributed by atoms with E-state index in [2.05, 4.69) is 20.6 Å². The quantitative estimate of drug-likeness (QED) is 0.118. The minimum atomic E-state index is -4.79. The Kier molecular flexibility index (Phi) is 9.84. The van der Waals surface area contributed by atoms with Crippen LogP contribution in [-0.2, 0) is 25.9 Å². The number of halogens is 3. The highest BCUT2D eigenvalue weighted by atomic mass is 19.4. The lowest BCUT2D eigenvalue weighted by molar-refractivity contribution is -0.141. The van der Waals surface area contributed by atoms with Gasteiger partial charge in [0.05, 0.1) is 5.69 Å². The summed E-state index contributed by atoms with van der Waals surface area (Å²) in [5.74, 6) is 0.578. The number of hydrogen-bond donors (Lipinski definition) is 3. The molecular formula is C37H34F3N5O4. The third kappa shape index (κ3) is 8.98. The van der Waals surface area contributed by atoms with Crippen LogP contribution < -0.4 is 20.3 Å². The zero-order chi connectivity index (χ0) is 34.4. The van der Waals surface area contributed by atoms with Crippen molar-refractivity contribution in [1.82, 2.24) is 15.1 Å². The van der Waals surface area contributed by atoms with Crippen LogP contribution >= 0.6 is 0 Å². The number of rotatable bonds is 13. The number of aromatic nitrogens is 2. The van der Waals surface area contributed by atoms with Gasteiger partial charge in [-0.2, -0.15) is 18.3 Å². The van der Waals surface area contributed by atoms with Gasteiger partial charge in [0, 0.05) is 37.1 Å². The van der Waals surface area contributed by atoms with Gasteiger partial charge in [0.15, 0.2) is 5.69 Å². The maximum Gasteiger partial charge on any atom is 0.435 e. The Morgan fingerprint density at radius 2 is 1.59 bits per heavy atom. The first kappa shape index (κ1) is 33.1. The number of hydrogen-bond acceptors (Lipinski definition) is 5. The highest BCUT2D eigenvalue weighted by Gasteiger charge is 2.36. The molecule has 1 heterocycles. The number of nitrogens with one attached hydrogen (secondary N) is 2. The van der Waals surface area contributed by atoms with Gasteiger partial charge in [-0.25, -0.2) is 9.48 Å². The van der Waals surface area contributed by atoms with Gasteiger partial charge in [-0.05, 0) is 84.0 Å². The van der Waals surface area contributed by atoms with Crippen molar-refractivity contribution in [2.75, 3.05) is 16.8 Å². The van der Waals surface area contributed by atoms with E-state index in [-0.39, 0.29) is 17.9 Å². The third-order valence-electron chi connectivity index (χ3n) is 8.02. The Morgan fingerprint density at radius 1 is 0.878 bits per heavy atom. The van der Waals surface area contributed by atoms with Crippen LogP contribution in [0.5, 0.6) is 5.75 Å². The number of carboxylic acid groups (broad SMARTS) is 1. The van der Waals surface area contributed by atoms with E-state index in [0.29, 0.717) is 36.4 Å². The highest BCUT2D eigenvalue weighted by molar-refractivity contribution is 6.03. The number of nitrogens with zero attached hydrogens (tertiary/aromatic N) is 3. The fourth-order valence-corrected chi connectivity index (χ4v) is 5.38. The van der Waals surface area contributed by atoms with Crippen LogP contribution in [0.3, 0.4) is 0 Å². The van der Waals surface area contributed by atoms with E-state index in [4.69, 9.17) is 9.84 Å². The van der Waals surface area contributed by atoms with E-state index in [0.717, 1.165) is 46.6 Å². The van der Waals surface area contributed by atoms with Gasteiger partial charge >= 0.3 is 12.3 Å². The monoisotopic (exact) mass is 669 g/mol. The lowest BCUT2D eigenvalue weighted by atomic mass is 10.1. The molecular weight excluding hydrogens is 635 g/mol. The number of carbonyl (C=O) groups excluding carboxylic acids is 1. The Bertz CT molecular complexity index is 1910. The first-order chi connectivity index (χ1) is 23.6. The predicted molar refractivity (Wildman–Crippen MR) is 179 cm³/mol. The van der Waals surface area contributed by atoms with Crippen LogP contribution in [0, 0.1) is 5.92 Å². The molecule has 1 aliphatic rings. The molecule has 1 aromatic heterocycles. The summed E-state index contributed by atoms with van der Waals surface area (Å²) < 4.78 is 48.0. The minimum absolute atomic E-state index is 0.0746. The normalized spacial score (nSPS) is 12.7. The summed E-state index contributed by atoms with van der Waals surface area (Å²) in [5.41, 5.74) is 2.53. The SMILES string of the molecule is O=C(O)NCc1cccc(-n2nc(C(F)(F)F)cc2C(=O)Nc2cccc(CN(CC3CC3)c3ccc(OCc4ccccc4)cc3)c2)c1. The molecule has 12 heteroatoms. The van der Waals surface area contributed by atoms with E-state index < -0.39 is 23.9 Å². The largest absolute Gasteiger partial charge is 0.489 e. The van der Waals surface area contributed by atoms with Crippen molar-refractivity contribution in [3.05, 3.63) is 137 Å². The van der Waals surface area contributed by atoms with Gasteiger partial charge < -0.3 is 25.4 Å². The maximum atomic E-state index is 13.7. The molecule has 252 valence electrons. The van der Waals surface area contributed by atoms with Gasteiger partial charge in [0.25, 0.3) is 5.91 Å². The van der Waals surface area contributed by atoms with Gasteiger partial charge in [-0.3, -0.25) is 4.79 Å². The second kappa shape index (κ2) is 14.5. The summed E-state index contributed by atoms with van der Waals surface area (Å²) in [4.78, 5) is 26.7. The number of benzene rings is 4. The maximum absolute atomic E-state index is 13.7. The Morgan fingerprint density at radius 3 is 2.31 bits per heavy atom. The van der Waals surface area contributed by atoms with E-state index in [1.807, 2.05) is 60.7 Å². The molecule has 5 aromatic rings. The van der Waals surface area contributed by atoms with Gasteiger partial charge in [-0.1, -0.05) is 54.6 Å². The molecule has 1 fully saturated rings. The van der Waals surface area contributed by atoms with Crippen LogP contribution in [0.1, 0.15) is 45.7 Å². The van der Waals surface area contributed by atoms with Crippen LogP contribution in [0.4, 0.5) is 29.3 Å². The van der Waals surface area contributed by atoms with Crippen molar-refractivity contribution in [3.8, 4) is 11.4 Å². The molecule has 0 saturated heterocycles. The molecule has 0 radical (unpaired) electrons. The van der Waals surface area contributed by atoms with Crippen molar-refractivity contribution in [3.63, 3.8) is 0 Å². The molecule has 1 saturated carbocycles. The average Bonchev–Trinajstić information content (AvgIpc) is 3.79. The molecule has 9 nitrogen and oxygen atoms in total. The number of carbonyl (C=O) groups is 2. The lowest BCUT2D eigenvalue weighted by Gasteiger charge is -2.25. The Labute approximate surface area is 280 Å². The summed E-state index contributed by atoms with van der Waals surface area (Å²) in [5, 5.41) is 17.6. The van der Waals surface area contributed by atoms with Crippen LogP contribution in [0.25, 0.3) is 5.69 Å². The van der Waals surface area contributed by atoms with Crippen molar-refractivity contribution in [2.24, 2.45) is 5.92 Å². The minimum Gasteiger partial charge on any atom is -0.489 e. The zero-order valence-electron chi connectivity index (χ0n) is 26.4. The molecule has 2 amide bonds. The first-order valence-electron chi connectivity index (χ1n) is 15.8.